The summed E-state index contributed by atoms with van der Waals surface area (Å²) in [7, 11) is 0. The Morgan fingerprint density at radius 3 is 2.59 bits per heavy atom. The Kier molecular flexibility index (Phi) is 5.53. The predicted octanol–water partition coefficient (Wildman–Crippen LogP) is 4.03. The number of thioether (sulfide) groups is 1. The number of nitrogens with one attached hydrogen (secondary N) is 1. The standard InChI is InChI=1S/C19H15ClN2O4S/c1-11-2-5-13(6-3-11)21-17(24)10-22-18(25)16(27-19(22)26)9-12-4-7-15(23)14(20)8-12/h2-9,23H,10H2,1H3,(H,21,24). The number of hydrogen-bond donors (Lipinski definition) is 2. The topological polar surface area (TPSA) is 86.7 Å². The van der Waals surface area contributed by atoms with Crippen molar-refractivity contribution in [3.63, 3.8) is 0 Å². The summed E-state index contributed by atoms with van der Waals surface area (Å²) in [6.45, 7) is 1.56. The van der Waals surface area contributed by atoms with E-state index >= 15 is 0 Å². The molecule has 3 amide bonds. The predicted molar refractivity (Wildman–Crippen MR) is 106 cm³/mol. The van der Waals surface area contributed by atoms with E-state index in [1.54, 1.807) is 18.2 Å². The molecule has 0 saturated carbocycles. The summed E-state index contributed by atoms with van der Waals surface area (Å²) in [6.07, 6.45) is 1.49. The smallest absolute Gasteiger partial charge is 0.294 e. The Balaban J connectivity index is 1.70. The van der Waals surface area contributed by atoms with E-state index in [0.29, 0.717) is 11.3 Å². The average molecular weight is 403 g/mol. The van der Waals surface area contributed by atoms with Crippen LogP contribution in [0, 0.1) is 6.92 Å². The molecule has 2 aromatic carbocycles. The van der Waals surface area contributed by atoms with Crippen LogP contribution in [0.5, 0.6) is 5.75 Å². The zero-order valence-corrected chi connectivity index (χ0v) is 15.8. The molecule has 2 N–H and O–H groups in total. The van der Waals surface area contributed by atoms with Gasteiger partial charge in [-0.15, -0.1) is 0 Å². The molecule has 0 aliphatic carbocycles. The van der Waals surface area contributed by atoms with E-state index in [4.69, 9.17) is 11.6 Å². The second-order valence-electron chi connectivity index (χ2n) is 5.89. The zero-order valence-electron chi connectivity index (χ0n) is 14.2. The molecular weight excluding hydrogens is 388 g/mol. The third kappa shape index (κ3) is 4.50. The van der Waals surface area contributed by atoms with Crippen molar-refractivity contribution in [1.29, 1.82) is 0 Å². The minimum atomic E-state index is -0.548. The van der Waals surface area contributed by atoms with Crippen molar-refractivity contribution in [2.24, 2.45) is 0 Å². The number of benzene rings is 2. The first-order valence-corrected chi connectivity index (χ1v) is 9.13. The highest BCUT2D eigenvalue weighted by Gasteiger charge is 2.36. The van der Waals surface area contributed by atoms with Gasteiger partial charge in [-0.2, -0.15) is 0 Å². The maximum atomic E-state index is 12.5. The molecule has 3 rings (SSSR count). The summed E-state index contributed by atoms with van der Waals surface area (Å²) >= 11 is 6.60. The number of amides is 3. The quantitative estimate of drug-likeness (QED) is 0.754. The van der Waals surface area contributed by atoms with Gasteiger partial charge in [-0.25, -0.2) is 0 Å². The molecule has 138 valence electrons. The summed E-state index contributed by atoms with van der Waals surface area (Å²) in [5.74, 6) is -1.09. The first-order chi connectivity index (χ1) is 12.8. The van der Waals surface area contributed by atoms with Gasteiger partial charge in [0.15, 0.2) is 0 Å². The number of imide groups is 1. The molecule has 0 unspecified atom stereocenters. The van der Waals surface area contributed by atoms with E-state index in [2.05, 4.69) is 5.32 Å². The number of halogens is 1. The summed E-state index contributed by atoms with van der Waals surface area (Å²) in [4.78, 5) is 37.8. The minimum Gasteiger partial charge on any atom is -0.506 e. The molecule has 2 aromatic rings. The van der Waals surface area contributed by atoms with E-state index < -0.39 is 17.1 Å². The van der Waals surface area contributed by atoms with Crippen molar-refractivity contribution in [2.75, 3.05) is 11.9 Å². The molecule has 6 nitrogen and oxygen atoms in total. The van der Waals surface area contributed by atoms with Crippen molar-refractivity contribution in [1.82, 2.24) is 4.90 Å². The van der Waals surface area contributed by atoms with Crippen molar-refractivity contribution in [2.45, 2.75) is 6.92 Å². The number of carbonyl (C=O) groups is 3. The van der Waals surface area contributed by atoms with E-state index in [0.717, 1.165) is 22.2 Å². The molecule has 0 radical (unpaired) electrons. The number of aryl methyl sites for hydroxylation is 1. The summed E-state index contributed by atoms with van der Waals surface area (Å²) < 4.78 is 0. The lowest BCUT2D eigenvalue weighted by atomic mass is 10.2. The molecule has 8 heteroatoms. The molecule has 1 aliphatic rings. The van der Waals surface area contributed by atoms with Crippen molar-refractivity contribution in [3.05, 3.63) is 63.5 Å². The zero-order chi connectivity index (χ0) is 19.6. The van der Waals surface area contributed by atoms with Crippen molar-refractivity contribution < 1.29 is 19.5 Å². The number of phenolic OH excluding ortho intramolecular Hbond substituents is 1. The van der Waals surface area contributed by atoms with Gasteiger partial charge in [0, 0.05) is 5.69 Å². The average Bonchev–Trinajstić information content (AvgIpc) is 2.87. The highest BCUT2D eigenvalue weighted by atomic mass is 35.5. The van der Waals surface area contributed by atoms with Crippen LogP contribution in [0.25, 0.3) is 6.08 Å². The van der Waals surface area contributed by atoms with E-state index in [-0.39, 0.29) is 22.2 Å². The Morgan fingerprint density at radius 1 is 1.22 bits per heavy atom. The van der Waals surface area contributed by atoms with Crippen LogP contribution in [0.1, 0.15) is 11.1 Å². The lowest BCUT2D eigenvalue weighted by Gasteiger charge is -2.12. The van der Waals surface area contributed by atoms with E-state index in [9.17, 15) is 19.5 Å². The van der Waals surface area contributed by atoms with Gasteiger partial charge in [-0.3, -0.25) is 19.3 Å². The van der Waals surface area contributed by atoms with Crippen LogP contribution in [-0.4, -0.2) is 33.6 Å². The van der Waals surface area contributed by atoms with Crippen molar-refractivity contribution >= 4 is 52.2 Å². The molecule has 1 aliphatic heterocycles. The SMILES string of the molecule is Cc1ccc(NC(=O)CN2C(=O)SC(=Cc3ccc(O)c(Cl)c3)C2=O)cc1. The lowest BCUT2D eigenvalue weighted by molar-refractivity contribution is -0.127. The Labute approximate surface area is 164 Å². The minimum absolute atomic E-state index is 0.0744. The summed E-state index contributed by atoms with van der Waals surface area (Å²) in [5.41, 5.74) is 2.21. The molecule has 1 saturated heterocycles. The molecule has 0 spiro atoms. The highest BCUT2D eigenvalue weighted by Crippen LogP contribution is 2.33. The van der Waals surface area contributed by atoms with Crippen molar-refractivity contribution in [3.8, 4) is 5.75 Å². The number of aromatic hydroxyl groups is 1. The van der Waals surface area contributed by atoms with Crippen LogP contribution in [0.4, 0.5) is 10.5 Å². The van der Waals surface area contributed by atoms with Crippen LogP contribution in [0.2, 0.25) is 5.02 Å². The summed E-state index contributed by atoms with van der Waals surface area (Å²) in [6, 6.07) is 11.6. The molecule has 0 bridgehead atoms. The first-order valence-electron chi connectivity index (χ1n) is 7.94. The molecule has 1 heterocycles. The second-order valence-corrected chi connectivity index (χ2v) is 7.29. The van der Waals surface area contributed by atoms with Gasteiger partial charge in [0.05, 0.1) is 9.93 Å². The van der Waals surface area contributed by atoms with E-state index in [1.165, 1.54) is 18.2 Å². The van der Waals surface area contributed by atoms with Gasteiger partial charge in [-0.05, 0) is 54.6 Å². The number of nitrogens with zero attached hydrogens (tertiary/aromatic N) is 1. The fraction of sp³-hybridized carbons (Fsp3) is 0.105. The van der Waals surface area contributed by atoms with Gasteiger partial charge in [0.1, 0.15) is 12.3 Å². The Morgan fingerprint density at radius 2 is 1.93 bits per heavy atom. The van der Waals surface area contributed by atoms with Crippen LogP contribution >= 0.6 is 23.4 Å². The second kappa shape index (κ2) is 7.85. The van der Waals surface area contributed by atoms with Gasteiger partial charge in [0.2, 0.25) is 5.91 Å². The molecule has 1 fully saturated rings. The van der Waals surface area contributed by atoms with Crippen LogP contribution in [0.3, 0.4) is 0 Å². The fourth-order valence-electron chi connectivity index (χ4n) is 2.38. The lowest BCUT2D eigenvalue weighted by Crippen LogP contribution is -2.36. The Hall–Kier alpha value is -2.77. The highest BCUT2D eigenvalue weighted by molar-refractivity contribution is 8.18. The number of anilines is 1. The molecule has 0 atom stereocenters. The van der Waals surface area contributed by atoms with Gasteiger partial charge in [-0.1, -0.05) is 35.4 Å². The van der Waals surface area contributed by atoms with Crippen LogP contribution < -0.4 is 5.32 Å². The van der Waals surface area contributed by atoms with Gasteiger partial charge < -0.3 is 10.4 Å². The normalized spacial score (nSPS) is 15.5. The maximum Gasteiger partial charge on any atom is 0.294 e. The Bertz CT molecular complexity index is 957. The molecule has 0 aromatic heterocycles. The first kappa shape index (κ1) is 19.0. The summed E-state index contributed by atoms with van der Waals surface area (Å²) in [5, 5.41) is 11.7. The van der Waals surface area contributed by atoms with Crippen LogP contribution in [0.15, 0.2) is 47.4 Å². The third-order valence-corrected chi connectivity index (χ3v) is 4.99. The number of phenols is 1. The van der Waals surface area contributed by atoms with Crippen LogP contribution in [-0.2, 0) is 9.59 Å². The van der Waals surface area contributed by atoms with Gasteiger partial charge >= 0.3 is 0 Å². The number of carbonyl (C=O) groups excluding carboxylic acids is 3. The molecular formula is C19H15ClN2O4S. The van der Waals surface area contributed by atoms with E-state index in [1.807, 2.05) is 19.1 Å². The number of hydrogen-bond acceptors (Lipinski definition) is 5. The molecule has 27 heavy (non-hydrogen) atoms. The third-order valence-electron chi connectivity index (χ3n) is 3.78. The maximum absolute atomic E-state index is 12.5. The monoisotopic (exact) mass is 402 g/mol. The number of rotatable bonds is 4. The van der Waals surface area contributed by atoms with Gasteiger partial charge in [0.25, 0.3) is 11.1 Å². The largest absolute Gasteiger partial charge is 0.506 e. The fourth-order valence-corrected chi connectivity index (χ4v) is 3.41.